The first-order valence-corrected chi connectivity index (χ1v) is 7.78. The average molecular weight is 349 g/mol. The number of hydrogen-bond donors (Lipinski definition) is 2. The van der Waals surface area contributed by atoms with Crippen LogP contribution < -0.4 is 10.9 Å². The number of H-pyrrole nitrogens is 1. The van der Waals surface area contributed by atoms with Crippen molar-refractivity contribution in [2.75, 3.05) is 5.32 Å². The quantitative estimate of drug-likeness (QED) is 0.874. The Morgan fingerprint density at radius 1 is 1.29 bits per heavy atom. The number of carbonyl (C=O) groups is 2. The Hall–Kier alpha value is -2.47. The largest absolute Gasteiger partial charge is 0.325 e. The monoisotopic (exact) mass is 348 g/mol. The van der Waals surface area contributed by atoms with E-state index in [1.807, 2.05) is 6.92 Å². The summed E-state index contributed by atoms with van der Waals surface area (Å²) in [6, 6.07) is 5.01. The van der Waals surface area contributed by atoms with Crippen molar-refractivity contribution >= 4 is 29.0 Å². The van der Waals surface area contributed by atoms with E-state index in [-0.39, 0.29) is 28.0 Å². The highest BCUT2D eigenvalue weighted by molar-refractivity contribution is 6.31. The van der Waals surface area contributed by atoms with E-state index in [1.165, 1.54) is 18.2 Å². The number of ketones is 1. The third-order valence-electron chi connectivity index (χ3n) is 3.93. The Morgan fingerprint density at radius 3 is 2.75 bits per heavy atom. The molecule has 0 bridgehead atoms. The van der Waals surface area contributed by atoms with Crippen molar-refractivity contribution in [2.45, 2.75) is 19.8 Å². The van der Waals surface area contributed by atoms with Crippen molar-refractivity contribution in [3.05, 3.63) is 62.3 Å². The van der Waals surface area contributed by atoms with Gasteiger partial charge in [-0.1, -0.05) is 18.5 Å². The zero-order valence-electron chi connectivity index (χ0n) is 12.8. The fourth-order valence-electron chi connectivity index (χ4n) is 2.77. The lowest BCUT2D eigenvalue weighted by molar-refractivity contribution is 0.0952. The maximum atomic E-state index is 13.1. The van der Waals surface area contributed by atoms with Crippen LogP contribution in [0.15, 0.2) is 29.1 Å². The predicted octanol–water partition coefficient (Wildman–Crippen LogP) is 3.18. The topological polar surface area (TPSA) is 79.0 Å². The number of anilines is 1. The van der Waals surface area contributed by atoms with E-state index in [0.29, 0.717) is 24.1 Å². The number of halogens is 2. The van der Waals surface area contributed by atoms with Gasteiger partial charge in [0.2, 0.25) is 0 Å². The molecule has 2 N–H and O–H groups in total. The van der Waals surface area contributed by atoms with Crippen LogP contribution in [-0.4, -0.2) is 16.7 Å². The minimum atomic E-state index is -0.687. The van der Waals surface area contributed by atoms with Crippen LogP contribution >= 0.6 is 11.6 Å². The Kier molecular flexibility index (Phi) is 4.24. The van der Waals surface area contributed by atoms with Crippen molar-refractivity contribution in [3.63, 3.8) is 0 Å². The highest BCUT2D eigenvalue weighted by Crippen LogP contribution is 2.24. The van der Waals surface area contributed by atoms with Crippen molar-refractivity contribution in [3.8, 4) is 0 Å². The fourth-order valence-corrected chi connectivity index (χ4v) is 2.95. The number of aromatic nitrogens is 1. The third-order valence-corrected chi connectivity index (χ3v) is 4.22. The van der Waals surface area contributed by atoms with Crippen LogP contribution in [0.25, 0.3) is 0 Å². The molecule has 0 spiro atoms. The summed E-state index contributed by atoms with van der Waals surface area (Å²) in [7, 11) is 0. The fraction of sp³-hybridized carbons (Fsp3) is 0.235. The van der Waals surface area contributed by atoms with E-state index in [4.69, 9.17) is 11.6 Å². The lowest BCUT2D eigenvalue weighted by Crippen LogP contribution is -2.29. The molecule has 7 heteroatoms. The van der Waals surface area contributed by atoms with E-state index < -0.39 is 17.3 Å². The highest BCUT2D eigenvalue weighted by atomic mass is 35.5. The lowest BCUT2D eigenvalue weighted by atomic mass is 9.86. The van der Waals surface area contributed by atoms with Gasteiger partial charge >= 0.3 is 0 Å². The molecule has 2 aromatic rings. The Morgan fingerprint density at radius 2 is 2.04 bits per heavy atom. The molecule has 1 aromatic heterocycles. The van der Waals surface area contributed by atoms with Gasteiger partial charge in [0.25, 0.3) is 11.5 Å². The second-order valence-corrected chi connectivity index (χ2v) is 6.33. The Bertz CT molecular complexity index is 907. The maximum Gasteiger partial charge on any atom is 0.261 e. The molecule has 1 aliphatic rings. The molecule has 1 atom stereocenters. The van der Waals surface area contributed by atoms with E-state index in [1.54, 1.807) is 0 Å². The van der Waals surface area contributed by atoms with Gasteiger partial charge in [-0.3, -0.25) is 14.4 Å². The number of Topliss-reactive ketones (excluding diaryl/α,β-unsaturated/α-hetero) is 1. The minimum Gasteiger partial charge on any atom is -0.325 e. The number of pyridine rings is 1. The zero-order valence-corrected chi connectivity index (χ0v) is 13.5. The molecule has 0 saturated carbocycles. The van der Waals surface area contributed by atoms with Crippen LogP contribution in [0.4, 0.5) is 10.1 Å². The maximum absolute atomic E-state index is 13.1. The second kappa shape index (κ2) is 6.20. The summed E-state index contributed by atoms with van der Waals surface area (Å²) in [4.78, 5) is 39.2. The van der Waals surface area contributed by atoms with E-state index in [0.717, 1.165) is 6.07 Å². The standard InChI is InChI=1S/C17H14ClFN2O3/c1-8-4-14-10(15(22)5-8)7-11(17(24)21-14)16(23)20-9-2-3-13(19)12(18)6-9/h2-3,6-8H,4-5H2,1H3,(H,20,23)(H,21,24)/t8-/m1/s1. The summed E-state index contributed by atoms with van der Waals surface area (Å²) in [6.07, 6.45) is 0.972. The summed E-state index contributed by atoms with van der Waals surface area (Å²) in [6.45, 7) is 1.93. The van der Waals surface area contributed by atoms with Crippen molar-refractivity contribution in [1.29, 1.82) is 0 Å². The third kappa shape index (κ3) is 3.10. The SMILES string of the molecule is C[C@H]1CC(=O)c2cc(C(=O)Nc3ccc(F)c(Cl)c3)c(=O)[nH]c2C1. The first kappa shape index (κ1) is 16.4. The Labute approximate surface area is 141 Å². The van der Waals surface area contributed by atoms with Crippen LogP contribution in [0, 0.1) is 11.7 Å². The number of rotatable bonds is 2. The average Bonchev–Trinajstić information content (AvgIpc) is 2.50. The van der Waals surface area contributed by atoms with Gasteiger partial charge in [-0.05, 0) is 36.6 Å². The molecule has 0 saturated heterocycles. The summed E-state index contributed by atoms with van der Waals surface area (Å²) < 4.78 is 13.1. The first-order chi connectivity index (χ1) is 11.3. The highest BCUT2D eigenvalue weighted by Gasteiger charge is 2.25. The molecule has 0 unspecified atom stereocenters. The van der Waals surface area contributed by atoms with Crippen molar-refractivity contribution in [1.82, 2.24) is 4.98 Å². The van der Waals surface area contributed by atoms with E-state index in [2.05, 4.69) is 10.3 Å². The number of aromatic amines is 1. The van der Waals surface area contributed by atoms with Gasteiger partial charge in [-0.25, -0.2) is 4.39 Å². The molecule has 0 radical (unpaired) electrons. The van der Waals surface area contributed by atoms with Crippen LogP contribution in [-0.2, 0) is 6.42 Å². The smallest absolute Gasteiger partial charge is 0.261 e. The number of carbonyl (C=O) groups excluding carboxylic acids is 2. The number of amides is 1. The summed E-state index contributed by atoms with van der Waals surface area (Å²) >= 11 is 5.66. The number of benzene rings is 1. The molecule has 5 nitrogen and oxygen atoms in total. The van der Waals surface area contributed by atoms with Crippen molar-refractivity contribution in [2.24, 2.45) is 5.92 Å². The molecule has 1 heterocycles. The molecule has 1 aromatic carbocycles. The molecule has 3 rings (SSSR count). The van der Waals surface area contributed by atoms with E-state index >= 15 is 0 Å². The number of hydrogen-bond acceptors (Lipinski definition) is 3. The van der Waals surface area contributed by atoms with Crippen LogP contribution in [0.5, 0.6) is 0 Å². The molecule has 24 heavy (non-hydrogen) atoms. The molecular formula is C17H14ClFN2O3. The van der Waals surface area contributed by atoms with Crippen LogP contribution in [0.2, 0.25) is 5.02 Å². The second-order valence-electron chi connectivity index (χ2n) is 5.92. The zero-order chi connectivity index (χ0) is 17.4. The van der Waals surface area contributed by atoms with Gasteiger partial charge in [0.1, 0.15) is 11.4 Å². The van der Waals surface area contributed by atoms with Crippen molar-refractivity contribution < 1.29 is 14.0 Å². The minimum absolute atomic E-state index is 0.0983. The number of nitrogens with one attached hydrogen (secondary N) is 2. The van der Waals surface area contributed by atoms with Gasteiger partial charge in [0.05, 0.1) is 5.02 Å². The molecule has 124 valence electrons. The van der Waals surface area contributed by atoms with Gasteiger partial charge in [-0.2, -0.15) is 0 Å². The van der Waals surface area contributed by atoms with Gasteiger partial charge in [0.15, 0.2) is 5.78 Å². The van der Waals surface area contributed by atoms with Gasteiger partial charge in [0, 0.05) is 23.4 Å². The van der Waals surface area contributed by atoms with Crippen LogP contribution in [0.1, 0.15) is 39.8 Å². The van der Waals surface area contributed by atoms with E-state index in [9.17, 15) is 18.8 Å². The predicted molar refractivity (Wildman–Crippen MR) is 88.2 cm³/mol. The summed E-state index contributed by atoms with van der Waals surface area (Å²) in [5.41, 5.74) is 0.446. The lowest BCUT2D eigenvalue weighted by Gasteiger charge is -2.20. The number of fused-ring (bicyclic) bond motifs is 1. The normalized spacial score (nSPS) is 16.6. The Balaban J connectivity index is 1.93. The van der Waals surface area contributed by atoms with Crippen LogP contribution in [0.3, 0.4) is 0 Å². The molecule has 0 fully saturated rings. The summed E-state index contributed by atoms with van der Waals surface area (Å²) in [5, 5.41) is 2.33. The molecule has 0 aliphatic heterocycles. The van der Waals surface area contributed by atoms with Gasteiger partial charge in [-0.15, -0.1) is 0 Å². The molecule has 1 aliphatic carbocycles. The van der Waals surface area contributed by atoms with Gasteiger partial charge < -0.3 is 10.3 Å². The molecular weight excluding hydrogens is 335 g/mol. The summed E-state index contributed by atoms with van der Waals surface area (Å²) in [5.74, 6) is -1.24. The first-order valence-electron chi connectivity index (χ1n) is 7.41. The molecule has 1 amide bonds.